The Balaban J connectivity index is 2.06. The van der Waals surface area contributed by atoms with Crippen LogP contribution in [0.1, 0.15) is 18.2 Å². The van der Waals surface area contributed by atoms with Crippen LogP contribution in [0, 0.1) is 0 Å². The number of benzene rings is 1. The fourth-order valence-corrected chi connectivity index (χ4v) is 1.46. The Labute approximate surface area is 99.0 Å². The maximum Gasteiger partial charge on any atom is 0.303 e. The zero-order valence-electron chi connectivity index (χ0n) is 9.54. The van der Waals surface area contributed by atoms with Crippen LogP contribution in [-0.2, 0) is 22.7 Å². The number of nitrogens with zero attached hydrogens (tertiary/aromatic N) is 3. The number of hydrogen-bond acceptors (Lipinski definition) is 4. The molecule has 2 rings (SSSR count). The molecule has 1 aromatic heterocycles. The zero-order chi connectivity index (χ0) is 12.1. The molecule has 0 radical (unpaired) electrons. The summed E-state index contributed by atoms with van der Waals surface area (Å²) in [4.78, 5) is 10.7. The van der Waals surface area contributed by atoms with E-state index in [4.69, 9.17) is 4.74 Å². The Hall–Kier alpha value is -2.17. The van der Waals surface area contributed by atoms with E-state index in [-0.39, 0.29) is 12.6 Å². The van der Waals surface area contributed by atoms with Crippen molar-refractivity contribution in [3.8, 4) is 0 Å². The molecule has 0 aliphatic heterocycles. The van der Waals surface area contributed by atoms with Gasteiger partial charge in [0.2, 0.25) is 0 Å². The molecule has 88 valence electrons. The summed E-state index contributed by atoms with van der Waals surface area (Å²) in [7, 11) is 0. The monoisotopic (exact) mass is 231 g/mol. The van der Waals surface area contributed by atoms with Gasteiger partial charge in [-0.2, -0.15) is 0 Å². The summed E-state index contributed by atoms with van der Waals surface area (Å²) in [5.74, 6) is -0.308. The maximum atomic E-state index is 10.7. The summed E-state index contributed by atoms with van der Waals surface area (Å²) in [6.45, 7) is 2.21. The Kier molecular flexibility index (Phi) is 3.49. The van der Waals surface area contributed by atoms with E-state index in [2.05, 4.69) is 10.3 Å². The minimum Gasteiger partial charge on any atom is -0.459 e. The molecule has 0 bridgehead atoms. The highest BCUT2D eigenvalue weighted by atomic mass is 16.5. The molecule has 0 fully saturated rings. The van der Waals surface area contributed by atoms with Crippen LogP contribution < -0.4 is 0 Å². The average molecular weight is 231 g/mol. The molecule has 0 aliphatic rings. The van der Waals surface area contributed by atoms with Gasteiger partial charge in [-0.3, -0.25) is 4.79 Å². The highest BCUT2D eigenvalue weighted by Gasteiger charge is 2.05. The Morgan fingerprint density at radius 2 is 2.12 bits per heavy atom. The third-order valence-corrected chi connectivity index (χ3v) is 2.30. The highest BCUT2D eigenvalue weighted by molar-refractivity contribution is 5.65. The maximum absolute atomic E-state index is 10.7. The van der Waals surface area contributed by atoms with E-state index in [0.29, 0.717) is 6.54 Å². The number of carbonyl (C=O) groups is 1. The molecule has 0 saturated heterocycles. The summed E-state index contributed by atoms with van der Waals surface area (Å²) >= 11 is 0. The van der Waals surface area contributed by atoms with Gasteiger partial charge in [0, 0.05) is 6.92 Å². The van der Waals surface area contributed by atoms with Crippen LogP contribution in [0.5, 0.6) is 0 Å². The molecule has 0 amide bonds. The smallest absolute Gasteiger partial charge is 0.303 e. The van der Waals surface area contributed by atoms with Gasteiger partial charge in [-0.15, -0.1) is 5.10 Å². The standard InChI is InChI=1S/C12H13N3O2/c1-10(16)17-9-12-7-13-14-15(12)8-11-5-3-2-4-6-11/h2-7H,8-9H2,1H3. The third kappa shape index (κ3) is 3.14. The minimum absolute atomic E-state index is 0.204. The number of esters is 1. The summed E-state index contributed by atoms with van der Waals surface area (Å²) in [6, 6.07) is 9.93. The number of ether oxygens (including phenoxy) is 1. The molecule has 0 N–H and O–H groups in total. The van der Waals surface area contributed by atoms with Crippen molar-refractivity contribution in [2.24, 2.45) is 0 Å². The van der Waals surface area contributed by atoms with Gasteiger partial charge in [-0.1, -0.05) is 35.5 Å². The van der Waals surface area contributed by atoms with Gasteiger partial charge in [0.05, 0.1) is 18.4 Å². The summed E-state index contributed by atoms with van der Waals surface area (Å²) < 4.78 is 6.65. The molecule has 1 heterocycles. The second-order valence-electron chi connectivity index (χ2n) is 3.65. The van der Waals surface area contributed by atoms with Crippen molar-refractivity contribution in [1.82, 2.24) is 15.0 Å². The van der Waals surface area contributed by atoms with Crippen molar-refractivity contribution in [1.29, 1.82) is 0 Å². The molecule has 2 aromatic rings. The lowest BCUT2D eigenvalue weighted by molar-refractivity contribution is -0.142. The molecular weight excluding hydrogens is 218 g/mol. The number of rotatable bonds is 4. The number of hydrogen-bond donors (Lipinski definition) is 0. The molecule has 0 unspecified atom stereocenters. The second-order valence-corrected chi connectivity index (χ2v) is 3.65. The normalized spacial score (nSPS) is 10.2. The van der Waals surface area contributed by atoms with Gasteiger partial charge in [0.15, 0.2) is 0 Å². The molecule has 5 nitrogen and oxygen atoms in total. The second kappa shape index (κ2) is 5.25. The van der Waals surface area contributed by atoms with E-state index < -0.39 is 0 Å². The fraction of sp³-hybridized carbons (Fsp3) is 0.250. The first-order valence-corrected chi connectivity index (χ1v) is 5.30. The lowest BCUT2D eigenvalue weighted by atomic mass is 10.2. The van der Waals surface area contributed by atoms with Crippen LogP contribution in [0.4, 0.5) is 0 Å². The summed E-state index contributed by atoms with van der Waals surface area (Å²) in [5.41, 5.74) is 1.91. The van der Waals surface area contributed by atoms with Crippen molar-refractivity contribution in [3.05, 3.63) is 47.8 Å². The lowest BCUT2D eigenvalue weighted by Gasteiger charge is -2.06. The third-order valence-electron chi connectivity index (χ3n) is 2.30. The Bertz CT molecular complexity index is 493. The van der Waals surface area contributed by atoms with Crippen molar-refractivity contribution >= 4 is 5.97 Å². The number of aromatic nitrogens is 3. The first-order valence-electron chi connectivity index (χ1n) is 5.30. The van der Waals surface area contributed by atoms with Crippen LogP contribution in [0.15, 0.2) is 36.5 Å². The fourth-order valence-electron chi connectivity index (χ4n) is 1.46. The molecule has 1 aromatic carbocycles. The van der Waals surface area contributed by atoms with Gasteiger partial charge in [-0.05, 0) is 5.56 Å². The molecule has 0 saturated carbocycles. The van der Waals surface area contributed by atoms with Gasteiger partial charge in [-0.25, -0.2) is 4.68 Å². The SMILES string of the molecule is CC(=O)OCc1cnnn1Cc1ccccc1. The summed E-state index contributed by atoms with van der Waals surface area (Å²) in [6.07, 6.45) is 1.60. The highest BCUT2D eigenvalue weighted by Crippen LogP contribution is 2.05. The quantitative estimate of drug-likeness (QED) is 0.746. The largest absolute Gasteiger partial charge is 0.459 e. The van der Waals surface area contributed by atoms with Crippen molar-refractivity contribution in [2.45, 2.75) is 20.1 Å². The van der Waals surface area contributed by atoms with Crippen LogP contribution in [-0.4, -0.2) is 21.0 Å². The Morgan fingerprint density at radius 1 is 1.35 bits per heavy atom. The zero-order valence-corrected chi connectivity index (χ0v) is 9.54. The van der Waals surface area contributed by atoms with Crippen molar-refractivity contribution in [2.75, 3.05) is 0 Å². The van der Waals surface area contributed by atoms with E-state index in [1.54, 1.807) is 10.9 Å². The van der Waals surface area contributed by atoms with Gasteiger partial charge in [0.1, 0.15) is 6.61 Å². The molecular formula is C12H13N3O2. The van der Waals surface area contributed by atoms with Crippen LogP contribution in [0.2, 0.25) is 0 Å². The first kappa shape index (κ1) is 11.3. The predicted molar refractivity (Wildman–Crippen MR) is 61.0 cm³/mol. The van der Waals surface area contributed by atoms with E-state index in [1.165, 1.54) is 6.92 Å². The van der Waals surface area contributed by atoms with Gasteiger partial charge in [0.25, 0.3) is 0 Å². The topological polar surface area (TPSA) is 57.0 Å². The van der Waals surface area contributed by atoms with E-state index in [1.807, 2.05) is 30.3 Å². The Morgan fingerprint density at radius 3 is 2.82 bits per heavy atom. The van der Waals surface area contributed by atoms with Crippen molar-refractivity contribution in [3.63, 3.8) is 0 Å². The predicted octanol–water partition coefficient (Wildman–Crippen LogP) is 1.39. The van der Waals surface area contributed by atoms with Crippen molar-refractivity contribution < 1.29 is 9.53 Å². The van der Waals surface area contributed by atoms with Gasteiger partial charge >= 0.3 is 5.97 Å². The molecule has 0 atom stereocenters. The summed E-state index contributed by atoms with van der Waals surface area (Å²) in [5, 5.41) is 7.78. The molecule has 17 heavy (non-hydrogen) atoms. The average Bonchev–Trinajstić information content (AvgIpc) is 2.75. The van der Waals surface area contributed by atoms with E-state index in [9.17, 15) is 4.79 Å². The number of carbonyl (C=O) groups excluding carboxylic acids is 1. The lowest BCUT2D eigenvalue weighted by Crippen LogP contribution is -2.09. The van der Waals surface area contributed by atoms with E-state index in [0.717, 1.165) is 11.3 Å². The first-order chi connectivity index (χ1) is 8.25. The van der Waals surface area contributed by atoms with Crippen LogP contribution in [0.3, 0.4) is 0 Å². The van der Waals surface area contributed by atoms with Crippen LogP contribution in [0.25, 0.3) is 0 Å². The molecule has 0 spiro atoms. The van der Waals surface area contributed by atoms with Gasteiger partial charge < -0.3 is 4.74 Å². The van der Waals surface area contributed by atoms with Crippen LogP contribution >= 0.6 is 0 Å². The molecule has 0 aliphatic carbocycles. The molecule has 5 heteroatoms. The minimum atomic E-state index is -0.308. The van der Waals surface area contributed by atoms with E-state index >= 15 is 0 Å².